The Kier molecular flexibility index (Phi) is 7.36. The summed E-state index contributed by atoms with van der Waals surface area (Å²) < 4.78 is 21.7. The molecule has 0 unspecified atom stereocenters. The van der Waals surface area contributed by atoms with Crippen LogP contribution in [-0.2, 0) is 11.2 Å². The molecule has 0 N–H and O–H groups in total. The van der Waals surface area contributed by atoms with Crippen molar-refractivity contribution in [1.29, 1.82) is 0 Å². The minimum Gasteiger partial charge on any atom is -0.497 e. The minimum absolute atomic E-state index is 0.0305. The molecule has 0 radical (unpaired) electrons. The second kappa shape index (κ2) is 10.2. The normalized spacial score (nSPS) is 16.0. The molecule has 0 spiro atoms. The molecule has 3 rings (SSSR count). The van der Waals surface area contributed by atoms with E-state index in [4.69, 9.17) is 18.9 Å². The molecule has 156 valence electrons. The Balaban J connectivity index is 1.71. The smallest absolute Gasteiger partial charge is 0.254 e. The monoisotopic (exact) mass is 399 g/mol. The summed E-state index contributed by atoms with van der Waals surface area (Å²) in [6, 6.07) is 13.3. The van der Waals surface area contributed by atoms with Gasteiger partial charge in [-0.1, -0.05) is 6.07 Å². The molecule has 6 nitrogen and oxygen atoms in total. The first-order chi connectivity index (χ1) is 14.2. The summed E-state index contributed by atoms with van der Waals surface area (Å²) in [6.07, 6.45) is 2.60. The molecular weight excluding hydrogens is 370 g/mol. The van der Waals surface area contributed by atoms with Gasteiger partial charge in [0, 0.05) is 25.6 Å². The summed E-state index contributed by atoms with van der Waals surface area (Å²) in [5.74, 6) is 2.27. The molecule has 1 aliphatic rings. The van der Waals surface area contributed by atoms with Gasteiger partial charge in [0.15, 0.2) is 0 Å². The van der Waals surface area contributed by atoms with Crippen LogP contribution in [0.4, 0.5) is 0 Å². The lowest BCUT2D eigenvalue weighted by Gasteiger charge is -2.25. The Hall–Kier alpha value is -2.73. The summed E-state index contributed by atoms with van der Waals surface area (Å²) in [7, 11) is 4.92. The predicted octanol–water partition coefficient (Wildman–Crippen LogP) is 3.58. The molecule has 2 aromatic carbocycles. The zero-order valence-electron chi connectivity index (χ0n) is 17.3. The van der Waals surface area contributed by atoms with E-state index in [1.54, 1.807) is 21.3 Å². The maximum absolute atomic E-state index is 13.3. The van der Waals surface area contributed by atoms with Crippen molar-refractivity contribution in [3.63, 3.8) is 0 Å². The van der Waals surface area contributed by atoms with Crippen LogP contribution < -0.4 is 14.2 Å². The molecule has 1 amide bonds. The highest BCUT2D eigenvalue weighted by Gasteiger charge is 2.30. The molecule has 29 heavy (non-hydrogen) atoms. The van der Waals surface area contributed by atoms with E-state index in [0.29, 0.717) is 30.9 Å². The van der Waals surface area contributed by atoms with Gasteiger partial charge in [-0.05, 0) is 54.8 Å². The van der Waals surface area contributed by atoms with Crippen molar-refractivity contribution >= 4 is 5.91 Å². The number of carbonyl (C=O) groups is 1. The number of ether oxygens (including phenoxy) is 4. The summed E-state index contributed by atoms with van der Waals surface area (Å²) in [4.78, 5) is 15.2. The topological polar surface area (TPSA) is 57.2 Å². The maximum atomic E-state index is 13.3. The number of amides is 1. The maximum Gasteiger partial charge on any atom is 0.254 e. The van der Waals surface area contributed by atoms with Gasteiger partial charge in [0.25, 0.3) is 5.91 Å². The number of benzene rings is 2. The number of hydrogen-bond acceptors (Lipinski definition) is 5. The largest absolute Gasteiger partial charge is 0.497 e. The molecule has 1 atom stereocenters. The van der Waals surface area contributed by atoms with Gasteiger partial charge < -0.3 is 23.8 Å². The second-order valence-electron chi connectivity index (χ2n) is 7.05. The van der Waals surface area contributed by atoms with Crippen LogP contribution in [0.2, 0.25) is 0 Å². The standard InChI is InChI=1S/C23H29NO5/c1-26-16-18-5-4-13-24(18)23(25)22-15-21(28-3)7-6-17(22)12-14-29-20-10-8-19(27-2)9-11-20/h6-11,15,18H,4-5,12-14,16H2,1-3H3/t18-/m0/s1. The molecule has 6 heteroatoms. The third-order valence-corrected chi connectivity index (χ3v) is 5.24. The van der Waals surface area contributed by atoms with Gasteiger partial charge in [-0.15, -0.1) is 0 Å². The Labute approximate surface area is 172 Å². The van der Waals surface area contributed by atoms with Gasteiger partial charge in [-0.25, -0.2) is 0 Å². The van der Waals surface area contributed by atoms with Crippen molar-refractivity contribution in [1.82, 2.24) is 4.90 Å². The van der Waals surface area contributed by atoms with E-state index in [1.807, 2.05) is 47.4 Å². The fourth-order valence-corrected chi connectivity index (χ4v) is 3.67. The predicted molar refractivity (Wildman–Crippen MR) is 111 cm³/mol. The Morgan fingerprint density at radius 2 is 1.69 bits per heavy atom. The number of hydrogen-bond donors (Lipinski definition) is 0. The van der Waals surface area contributed by atoms with Crippen LogP contribution in [-0.4, -0.2) is 57.9 Å². The zero-order valence-corrected chi connectivity index (χ0v) is 17.3. The van der Waals surface area contributed by atoms with Crippen molar-refractivity contribution in [2.45, 2.75) is 25.3 Å². The number of nitrogens with zero attached hydrogens (tertiary/aromatic N) is 1. The van der Waals surface area contributed by atoms with E-state index in [2.05, 4.69) is 0 Å². The summed E-state index contributed by atoms with van der Waals surface area (Å²) in [5, 5.41) is 0. The highest BCUT2D eigenvalue weighted by molar-refractivity contribution is 5.96. The number of likely N-dealkylation sites (tertiary alicyclic amines) is 1. The molecule has 2 aromatic rings. The van der Waals surface area contributed by atoms with Crippen LogP contribution in [0.1, 0.15) is 28.8 Å². The quantitative estimate of drug-likeness (QED) is 0.645. The van der Waals surface area contributed by atoms with E-state index < -0.39 is 0 Å². The Bertz CT molecular complexity index is 805. The number of rotatable bonds is 9. The van der Waals surface area contributed by atoms with Gasteiger partial charge >= 0.3 is 0 Å². The van der Waals surface area contributed by atoms with Crippen LogP contribution in [0.25, 0.3) is 0 Å². The third-order valence-electron chi connectivity index (χ3n) is 5.24. The molecule has 1 fully saturated rings. The van der Waals surface area contributed by atoms with E-state index >= 15 is 0 Å². The van der Waals surface area contributed by atoms with Crippen LogP contribution in [0, 0.1) is 0 Å². The SMILES string of the molecule is COC[C@@H]1CCCN1C(=O)c1cc(OC)ccc1CCOc1ccc(OC)cc1. The summed E-state index contributed by atoms with van der Waals surface area (Å²) >= 11 is 0. The second-order valence-corrected chi connectivity index (χ2v) is 7.05. The average Bonchev–Trinajstić information content (AvgIpc) is 3.22. The fourth-order valence-electron chi connectivity index (χ4n) is 3.67. The van der Waals surface area contributed by atoms with Gasteiger partial charge in [0.05, 0.1) is 33.5 Å². The highest BCUT2D eigenvalue weighted by Crippen LogP contribution is 2.25. The summed E-state index contributed by atoms with van der Waals surface area (Å²) in [6.45, 7) is 1.79. The Morgan fingerprint density at radius 1 is 1.00 bits per heavy atom. The Morgan fingerprint density at radius 3 is 2.38 bits per heavy atom. The van der Waals surface area contributed by atoms with Crippen molar-refractivity contribution in [2.24, 2.45) is 0 Å². The van der Waals surface area contributed by atoms with Crippen LogP contribution in [0.3, 0.4) is 0 Å². The average molecular weight is 399 g/mol. The fraction of sp³-hybridized carbons (Fsp3) is 0.435. The van der Waals surface area contributed by atoms with Crippen LogP contribution in [0.15, 0.2) is 42.5 Å². The third kappa shape index (κ3) is 5.21. The molecule has 1 aliphatic heterocycles. The first-order valence-corrected chi connectivity index (χ1v) is 9.90. The molecule has 0 saturated carbocycles. The number of methoxy groups -OCH3 is 3. The van der Waals surface area contributed by atoms with Gasteiger partial charge in [-0.3, -0.25) is 4.79 Å². The molecule has 0 aromatic heterocycles. The first-order valence-electron chi connectivity index (χ1n) is 9.90. The van der Waals surface area contributed by atoms with E-state index in [9.17, 15) is 4.79 Å². The molecule has 1 heterocycles. The van der Waals surface area contributed by atoms with Crippen LogP contribution >= 0.6 is 0 Å². The lowest BCUT2D eigenvalue weighted by molar-refractivity contribution is 0.0629. The molecular formula is C23H29NO5. The van der Waals surface area contributed by atoms with Crippen LogP contribution in [0.5, 0.6) is 17.2 Å². The first kappa shape index (κ1) is 21.0. The highest BCUT2D eigenvalue weighted by atomic mass is 16.5. The molecule has 0 aliphatic carbocycles. The summed E-state index contributed by atoms with van der Waals surface area (Å²) in [5.41, 5.74) is 1.62. The molecule has 0 bridgehead atoms. The van der Waals surface area contributed by atoms with E-state index in [0.717, 1.165) is 36.4 Å². The van der Waals surface area contributed by atoms with Crippen molar-refractivity contribution in [2.75, 3.05) is 41.1 Å². The minimum atomic E-state index is 0.0305. The zero-order chi connectivity index (χ0) is 20.6. The van der Waals surface area contributed by atoms with Crippen molar-refractivity contribution in [3.8, 4) is 17.2 Å². The lowest BCUT2D eigenvalue weighted by Crippen LogP contribution is -2.38. The van der Waals surface area contributed by atoms with Crippen molar-refractivity contribution in [3.05, 3.63) is 53.6 Å². The van der Waals surface area contributed by atoms with Gasteiger partial charge in [0.2, 0.25) is 0 Å². The van der Waals surface area contributed by atoms with Gasteiger partial charge in [-0.2, -0.15) is 0 Å². The van der Waals surface area contributed by atoms with E-state index in [-0.39, 0.29) is 11.9 Å². The van der Waals surface area contributed by atoms with Crippen molar-refractivity contribution < 1.29 is 23.7 Å². The van der Waals surface area contributed by atoms with Gasteiger partial charge in [0.1, 0.15) is 17.2 Å². The lowest BCUT2D eigenvalue weighted by atomic mass is 10.0. The van der Waals surface area contributed by atoms with E-state index in [1.165, 1.54) is 0 Å². The molecule has 1 saturated heterocycles. The number of carbonyl (C=O) groups excluding carboxylic acids is 1.